The lowest BCUT2D eigenvalue weighted by Gasteiger charge is -2.34. The van der Waals surface area contributed by atoms with Crippen LogP contribution >= 0.6 is 0 Å². The SMILES string of the molecule is CC(=O)N1CCN(Cc2ccc(F)c(N)c2)CC1.Cc1cc(N)no1.Cc1cc(NC(=O)Nc2cc(CN3CCN(S(C)=O)CC3)ccc2F)no1. The maximum atomic E-state index is 14.1. The van der Waals surface area contributed by atoms with E-state index in [1.807, 2.05) is 9.21 Å². The molecule has 2 aromatic carbocycles. The Morgan fingerprint density at radius 2 is 1.35 bits per heavy atom. The Morgan fingerprint density at radius 3 is 1.83 bits per heavy atom. The predicted octanol–water partition coefficient (Wildman–Crippen LogP) is 3.81. The molecule has 282 valence electrons. The van der Waals surface area contributed by atoms with E-state index in [4.69, 9.17) is 16.0 Å². The van der Waals surface area contributed by atoms with E-state index < -0.39 is 22.8 Å². The van der Waals surface area contributed by atoms with E-state index >= 15 is 0 Å². The Labute approximate surface area is 303 Å². The van der Waals surface area contributed by atoms with Gasteiger partial charge in [0.2, 0.25) is 5.91 Å². The lowest BCUT2D eigenvalue weighted by Crippen LogP contribution is -2.47. The molecule has 4 heterocycles. The number of rotatable bonds is 7. The fraction of sp³-hybridized carbons (Fsp3) is 0.412. The standard InChI is InChI=1S/C17H22FN5O3S.C13H18FN3O.C4H6N2O/c1-12-9-16(21-26-12)20-17(24)19-15-10-13(3-4-14(15)18)11-22-5-7-23(8-6-22)27(2)25;1-10(18)17-6-4-16(5-7-17)9-11-2-3-12(14)13(15)8-11;1-3-2-4(5)6-7-3/h3-4,9-10H,5-8,11H2,1-2H3,(H2,19,20,21,24);2-3,8H,4-7,9,15H2,1H3;2H,1H3,(H2,5,6). The summed E-state index contributed by atoms with van der Waals surface area (Å²) >= 11 is 0. The van der Waals surface area contributed by atoms with Gasteiger partial charge in [-0.3, -0.25) is 19.9 Å². The van der Waals surface area contributed by atoms with Crippen LogP contribution in [-0.4, -0.2) is 104 Å². The normalized spacial score (nSPS) is 15.8. The number of carbonyl (C=O) groups is 2. The van der Waals surface area contributed by atoms with Gasteiger partial charge < -0.3 is 30.7 Å². The number of amides is 3. The average molecular weight is 745 g/mol. The highest BCUT2D eigenvalue weighted by Crippen LogP contribution is 2.19. The van der Waals surface area contributed by atoms with Crippen molar-refractivity contribution in [1.82, 2.24) is 29.3 Å². The van der Waals surface area contributed by atoms with Gasteiger partial charge in [0.1, 0.15) is 23.2 Å². The van der Waals surface area contributed by atoms with E-state index in [0.717, 1.165) is 75.8 Å². The molecule has 18 heteroatoms. The number of nitrogens with one attached hydrogen (secondary N) is 2. The second kappa shape index (κ2) is 19.1. The summed E-state index contributed by atoms with van der Waals surface area (Å²) in [5.74, 6) is 1.24. The first-order valence-electron chi connectivity index (χ1n) is 16.6. The largest absolute Gasteiger partial charge is 0.396 e. The van der Waals surface area contributed by atoms with Gasteiger partial charge in [0.15, 0.2) is 11.6 Å². The number of anilines is 4. The van der Waals surface area contributed by atoms with Crippen LogP contribution in [0.2, 0.25) is 0 Å². The summed E-state index contributed by atoms with van der Waals surface area (Å²) in [6.45, 7) is 12.7. The number of urea groups is 1. The van der Waals surface area contributed by atoms with E-state index in [9.17, 15) is 22.6 Å². The number of aromatic nitrogens is 2. The lowest BCUT2D eigenvalue weighted by atomic mass is 10.1. The molecule has 3 amide bonds. The molecule has 6 N–H and O–H groups in total. The Morgan fingerprint density at radius 1 is 0.788 bits per heavy atom. The Bertz CT molecular complexity index is 1790. The van der Waals surface area contributed by atoms with Gasteiger partial charge in [0, 0.05) is 90.8 Å². The zero-order valence-corrected chi connectivity index (χ0v) is 30.5. The molecule has 0 aliphatic carbocycles. The van der Waals surface area contributed by atoms with Crippen LogP contribution in [0, 0.1) is 25.5 Å². The van der Waals surface area contributed by atoms with Crippen molar-refractivity contribution in [2.45, 2.75) is 33.9 Å². The molecule has 2 aliphatic rings. The van der Waals surface area contributed by atoms with Crippen LogP contribution in [0.15, 0.2) is 57.6 Å². The second-order valence-electron chi connectivity index (χ2n) is 12.3. The number of nitrogens with two attached hydrogens (primary N) is 2. The van der Waals surface area contributed by atoms with Gasteiger partial charge in [0.25, 0.3) is 0 Å². The molecule has 2 saturated heterocycles. The number of hydrogen-bond acceptors (Lipinski definition) is 11. The average Bonchev–Trinajstić information content (AvgIpc) is 3.70. The quantitative estimate of drug-likeness (QED) is 0.201. The molecule has 0 saturated carbocycles. The van der Waals surface area contributed by atoms with Gasteiger partial charge in [-0.05, 0) is 49.2 Å². The monoisotopic (exact) mass is 744 g/mol. The molecule has 52 heavy (non-hydrogen) atoms. The molecule has 2 fully saturated rings. The van der Waals surface area contributed by atoms with Crippen LogP contribution < -0.4 is 22.1 Å². The summed E-state index contributed by atoms with van der Waals surface area (Å²) in [5.41, 5.74) is 12.9. The topological polar surface area (TPSA) is 192 Å². The molecule has 15 nitrogen and oxygen atoms in total. The summed E-state index contributed by atoms with van der Waals surface area (Å²) in [7, 11) is -0.952. The third-order valence-corrected chi connectivity index (χ3v) is 9.27. The highest BCUT2D eigenvalue weighted by Gasteiger charge is 2.20. The van der Waals surface area contributed by atoms with Crippen LogP contribution in [0.4, 0.5) is 36.6 Å². The summed E-state index contributed by atoms with van der Waals surface area (Å²) < 4.78 is 50.0. The van der Waals surface area contributed by atoms with Gasteiger partial charge in [-0.2, -0.15) is 0 Å². The minimum absolute atomic E-state index is 0.0958. The molecular weight excluding hydrogens is 699 g/mol. The van der Waals surface area contributed by atoms with E-state index in [1.54, 1.807) is 63.4 Å². The molecule has 1 atom stereocenters. The van der Waals surface area contributed by atoms with Gasteiger partial charge in [-0.15, -0.1) is 0 Å². The summed E-state index contributed by atoms with van der Waals surface area (Å²) in [4.78, 5) is 29.5. The van der Waals surface area contributed by atoms with Gasteiger partial charge in [-0.25, -0.2) is 22.1 Å². The van der Waals surface area contributed by atoms with Gasteiger partial charge >= 0.3 is 6.03 Å². The van der Waals surface area contributed by atoms with E-state index in [-0.39, 0.29) is 28.9 Å². The Kier molecular flexibility index (Phi) is 14.6. The minimum Gasteiger partial charge on any atom is -0.396 e. The third kappa shape index (κ3) is 12.7. The summed E-state index contributed by atoms with van der Waals surface area (Å²) in [6.07, 6.45) is 1.68. The lowest BCUT2D eigenvalue weighted by molar-refractivity contribution is -0.130. The van der Waals surface area contributed by atoms with E-state index in [2.05, 4.69) is 35.3 Å². The van der Waals surface area contributed by atoms with Crippen molar-refractivity contribution in [3.63, 3.8) is 0 Å². The Balaban J connectivity index is 0.000000206. The summed E-state index contributed by atoms with van der Waals surface area (Å²) in [6, 6.07) is 12.1. The fourth-order valence-corrected chi connectivity index (χ4v) is 6.10. The van der Waals surface area contributed by atoms with Crippen LogP contribution in [-0.2, 0) is 28.9 Å². The van der Waals surface area contributed by atoms with Gasteiger partial charge in [-0.1, -0.05) is 22.4 Å². The van der Waals surface area contributed by atoms with Crippen molar-refractivity contribution in [1.29, 1.82) is 0 Å². The van der Waals surface area contributed by atoms with Crippen molar-refractivity contribution < 1.29 is 31.6 Å². The molecule has 2 aliphatic heterocycles. The van der Waals surface area contributed by atoms with Crippen molar-refractivity contribution in [3.8, 4) is 0 Å². The minimum atomic E-state index is -0.952. The van der Waals surface area contributed by atoms with Crippen LogP contribution in [0.5, 0.6) is 0 Å². The predicted molar refractivity (Wildman–Crippen MR) is 195 cm³/mol. The number of nitrogens with zero attached hydrogens (tertiary/aromatic N) is 6. The van der Waals surface area contributed by atoms with Gasteiger partial charge in [0.05, 0.1) is 22.4 Å². The second-order valence-corrected chi connectivity index (χ2v) is 13.7. The molecule has 6 rings (SSSR count). The number of aryl methyl sites for hydroxylation is 2. The number of benzene rings is 2. The zero-order valence-electron chi connectivity index (χ0n) is 29.7. The molecule has 0 spiro atoms. The smallest absolute Gasteiger partial charge is 0.325 e. The van der Waals surface area contributed by atoms with E-state index in [0.29, 0.717) is 18.1 Å². The molecule has 0 bridgehead atoms. The molecule has 2 aromatic heterocycles. The highest BCUT2D eigenvalue weighted by molar-refractivity contribution is 7.81. The third-order valence-electron chi connectivity index (χ3n) is 8.18. The highest BCUT2D eigenvalue weighted by atomic mass is 32.2. The zero-order chi connectivity index (χ0) is 37.8. The van der Waals surface area contributed by atoms with Crippen LogP contribution in [0.3, 0.4) is 0 Å². The molecular formula is C34H46F2N10O5S. The summed E-state index contributed by atoms with van der Waals surface area (Å²) in [5, 5.41) is 12.1. The van der Waals surface area contributed by atoms with E-state index in [1.165, 1.54) is 12.1 Å². The maximum Gasteiger partial charge on any atom is 0.325 e. The van der Waals surface area contributed by atoms with Crippen molar-refractivity contribution >= 4 is 45.9 Å². The molecule has 0 radical (unpaired) electrons. The van der Waals surface area contributed by atoms with Crippen molar-refractivity contribution in [2.75, 3.05) is 80.7 Å². The number of carbonyl (C=O) groups excluding carboxylic acids is 2. The molecule has 1 unspecified atom stereocenters. The first-order chi connectivity index (χ1) is 24.7. The molecule has 4 aromatic rings. The van der Waals surface area contributed by atoms with Crippen molar-refractivity contribution in [2.24, 2.45) is 0 Å². The Hall–Kier alpha value is -4.91. The first-order valence-corrected chi connectivity index (χ1v) is 18.1. The van der Waals surface area contributed by atoms with Crippen molar-refractivity contribution in [3.05, 3.63) is 82.8 Å². The number of nitrogen functional groups attached to an aromatic ring is 2. The number of piperazine rings is 2. The fourth-order valence-electron chi connectivity index (χ4n) is 5.42. The first kappa shape index (κ1) is 39.9. The maximum absolute atomic E-state index is 14.1. The number of halogens is 2. The van der Waals surface area contributed by atoms with Crippen LogP contribution in [0.1, 0.15) is 29.6 Å². The number of hydrogen-bond donors (Lipinski definition) is 4. The van der Waals surface area contributed by atoms with Crippen LogP contribution in [0.25, 0.3) is 0 Å².